The van der Waals surface area contributed by atoms with Crippen LogP contribution in [0.2, 0.25) is 0 Å². The first kappa shape index (κ1) is 17.0. The molecule has 24 heavy (non-hydrogen) atoms. The van der Waals surface area contributed by atoms with Crippen molar-refractivity contribution in [2.75, 3.05) is 13.1 Å². The highest BCUT2D eigenvalue weighted by Crippen LogP contribution is 2.23. The van der Waals surface area contributed by atoms with Gasteiger partial charge >= 0.3 is 0 Å². The summed E-state index contributed by atoms with van der Waals surface area (Å²) >= 11 is 3.51. The van der Waals surface area contributed by atoms with E-state index in [1.807, 2.05) is 53.4 Å². The fourth-order valence-corrected chi connectivity index (χ4v) is 3.41. The second-order valence-electron chi connectivity index (χ2n) is 5.94. The van der Waals surface area contributed by atoms with E-state index >= 15 is 0 Å². The Bertz CT molecular complexity index is 720. The summed E-state index contributed by atoms with van der Waals surface area (Å²) in [6.45, 7) is 1.75. The van der Waals surface area contributed by atoms with Gasteiger partial charge in [-0.1, -0.05) is 40.2 Å². The minimum absolute atomic E-state index is 0.0364. The number of carbonyl (C=O) groups is 1. The normalized spacial score (nSPS) is 17.1. The number of nitrogens with two attached hydrogens (primary N) is 1. The molecule has 1 aliphatic rings. The molecule has 5 heteroatoms. The monoisotopic (exact) mass is 388 g/mol. The first-order chi connectivity index (χ1) is 11.7. The van der Waals surface area contributed by atoms with Gasteiger partial charge < -0.3 is 15.4 Å². The molecule has 1 aliphatic heterocycles. The first-order valence-corrected chi connectivity index (χ1v) is 8.95. The molecule has 2 aromatic carbocycles. The van der Waals surface area contributed by atoms with Gasteiger partial charge in [-0.3, -0.25) is 4.79 Å². The van der Waals surface area contributed by atoms with Gasteiger partial charge in [0.05, 0.1) is 0 Å². The van der Waals surface area contributed by atoms with Crippen molar-refractivity contribution >= 4 is 21.8 Å². The summed E-state index contributed by atoms with van der Waals surface area (Å²) in [6, 6.07) is 15.5. The number of amides is 1. The van der Waals surface area contributed by atoms with Gasteiger partial charge in [0, 0.05) is 34.7 Å². The highest BCUT2D eigenvalue weighted by atomic mass is 79.9. The van der Waals surface area contributed by atoms with Crippen molar-refractivity contribution in [2.24, 2.45) is 5.73 Å². The fraction of sp³-hybridized carbons (Fsp3) is 0.316. The van der Waals surface area contributed by atoms with Crippen LogP contribution in [-0.2, 0) is 6.61 Å². The summed E-state index contributed by atoms with van der Waals surface area (Å²) in [5.74, 6) is 0.731. The molecule has 2 aromatic rings. The SMILES string of the molecule is NCC1CCCN1C(=O)c1cccc(OCc2ccccc2Br)c1. The maximum absolute atomic E-state index is 12.7. The van der Waals surface area contributed by atoms with Gasteiger partial charge in [0.25, 0.3) is 5.91 Å². The molecule has 0 saturated carbocycles. The average Bonchev–Trinajstić information content (AvgIpc) is 3.09. The molecule has 4 nitrogen and oxygen atoms in total. The van der Waals surface area contributed by atoms with Gasteiger partial charge in [0.1, 0.15) is 12.4 Å². The molecule has 0 spiro atoms. The van der Waals surface area contributed by atoms with Crippen LogP contribution in [0.1, 0.15) is 28.8 Å². The van der Waals surface area contributed by atoms with E-state index in [2.05, 4.69) is 15.9 Å². The van der Waals surface area contributed by atoms with Gasteiger partial charge in [-0.05, 0) is 37.1 Å². The molecule has 1 fully saturated rings. The smallest absolute Gasteiger partial charge is 0.254 e. The quantitative estimate of drug-likeness (QED) is 0.851. The summed E-state index contributed by atoms with van der Waals surface area (Å²) in [6.07, 6.45) is 2.01. The first-order valence-electron chi connectivity index (χ1n) is 8.16. The van der Waals surface area contributed by atoms with Crippen LogP contribution in [-0.4, -0.2) is 29.9 Å². The number of nitrogens with zero attached hydrogens (tertiary/aromatic N) is 1. The average molecular weight is 389 g/mol. The third kappa shape index (κ3) is 3.79. The summed E-state index contributed by atoms with van der Waals surface area (Å²) < 4.78 is 6.87. The lowest BCUT2D eigenvalue weighted by Gasteiger charge is -2.23. The summed E-state index contributed by atoms with van der Waals surface area (Å²) in [7, 11) is 0. The third-order valence-corrected chi connectivity index (χ3v) is 5.12. The Balaban J connectivity index is 1.70. The van der Waals surface area contributed by atoms with Crippen LogP contribution in [0.15, 0.2) is 53.0 Å². The number of benzene rings is 2. The fourth-order valence-electron chi connectivity index (χ4n) is 3.01. The molecule has 0 bridgehead atoms. The molecule has 1 atom stereocenters. The van der Waals surface area contributed by atoms with E-state index in [0.717, 1.165) is 29.4 Å². The van der Waals surface area contributed by atoms with E-state index in [1.165, 1.54) is 0 Å². The van der Waals surface area contributed by atoms with Gasteiger partial charge in [-0.15, -0.1) is 0 Å². The standard InChI is InChI=1S/C19H21BrN2O2/c20-18-9-2-1-5-15(18)13-24-17-8-3-6-14(11-17)19(23)22-10-4-7-16(22)12-21/h1-3,5-6,8-9,11,16H,4,7,10,12-13,21H2. The Morgan fingerprint density at radius 1 is 1.25 bits per heavy atom. The molecule has 1 unspecified atom stereocenters. The van der Waals surface area contributed by atoms with E-state index < -0.39 is 0 Å². The van der Waals surface area contributed by atoms with Crippen LogP contribution < -0.4 is 10.5 Å². The van der Waals surface area contributed by atoms with E-state index in [1.54, 1.807) is 0 Å². The lowest BCUT2D eigenvalue weighted by Crippen LogP contribution is -2.39. The predicted octanol–water partition coefficient (Wildman–Crippen LogP) is 3.59. The number of likely N-dealkylation sites (tertiary alicyclic amines) is 1. The predicted molar refractivity (Wildman–Crippen MR) is 98.0 cm³/mol. The van der Waals surface area contributed by atoms with Gasteiger partial charge in [-0.2, -0.15) is 0 Å². The van der Waals surface area contributed by atoms with Gasteiger partial charge in [0.15, 0.2) is 0 Å². The Kier molecular flexibility index (Phi) is 5.53. The number of carbonyl (C=O) groups excluding carboxylic acids is 1. The van der Waals surface area contributed by atoms with Crippen LogP contribution in [0.25, 0.3) is 0 Å². The minimum Gasteiger partial charge on any atom is -0.489 e. The number of hydrogen-bond donors (Lipinski definition) is 1. The van der Waals surface area contributed by atoms with Crippen LogP contribution in [0.4, 0.5) is 0 Å². The largest absolute Gasteiger partial charge is 0.489 e. The van der Waals surface area contributed by atoms with Crippen LogP contribution in [0, 0.1) is 0 Å². The molecule has 126 valence electrons. The van der Waals surface area contributed by atoms with E-state index in [4.69, 9.17) is 10.5 Å². The van der Waals surface area contributed by atoms with Gasteiger partial charge in [-0.25, -0.2) is 0 Å². The van der Waals surface area contributed by atoms with Crippen molar-refractivity contribution in [1.82, 2.24) is 4.90 Å². The van der Waals surface area contributed by atoms with Crippen LogP contribution in [0.3, 0.4) is 0 Å². The number of halogens is 1. The Morgan fingerprint density at radius 3 is 2.88 bits per heavy atom. The van der Waals surface area contributed by atoms with Crippen LogP contribution >= 0.6 is 15.9 Å². The number of rotatable bonds is 5. The highest BCUT2D eigenvalue weighted by molar-refractivity contribution is 9.10. The Hall–Kier alpha value is -1.85. The second kappa shape index (κ2) is 7.81. The maximum Gasteiger partial charge on any atom is 0.254 e. The molecule has 1 saturated heterocycles. The van der Waals surface area contributed by atoms with E-state index in [9.17, 15) is 4.79 Å². The summed E-state index contributed by atoms with van der Waals surface area (Å²) in [5.41, 5.74) is 7.49. The zero-order chi connectivity index (χ0) is 16.9. The molecular formula is C19H21BrN2O2. The highest BCUT2D eigenvalue weighted by Gasteiger charge is 2.28. The van der Waals surface area contributed by atoms with E-state index in [0.29, 0.717) is 24.5 Å². The van der Waals surface area contributed by atoms with Crippen molar-refractivity contribution in [3.63, 3.8) is 0 Å². The molecule has 1 heterocycles. The zero-order valence-corrected chi connectivity index (χ0v) is 15.0. The second-order valence-corrected chi connectivity index (χ2v) is 6.79. The maximum atomic E-state index is 12.7. The molecule has 0 aliphatic carbocycles. The lowest BCUT2D eigenvalue weighted by atomic mass is 10.1. The molecule has 0 radical (unpaired) electrons. The zero-order valence-electron chi connectivity index (χ0n) is 13.5. The molecule has 1 amide bonds. The van der Waals surface area contributed by atoms with Crippen molar-refractivity contribution in [3.05, 3.63) is 64.1 Å². The van der Waals surface area contributed by atoms with Crippen molar-refractivity contribution in [1.29, 1.82) is 0 Å². The molecule has 2 N–H and O–H groups in total. The number of ether oxygens (including phenoxy) is 1. The summed E-state index contributed by atoms with van der Waals surface area (Å²) in [5, 5.41) is 0. The summed E-state index contributed by atoms with van der Waals surface area (Å²) in [4.78, 5) is 14.6. The van der Waals surface area contributed by atoms with Crippen molar-refractivity contribution in [2.45, 2.75) is 25.5 Å². The molecule has 3 rings (SSSR count). The minimum atomic E-state index is 0.0364. The Labute approximate surface area is 150 Å². The topological polar surface area (TPSA) is 55.6 Å². The molecular weight excluding hydrogens is 368 g/mol. The van der Waals surface area contributed by atoms with E-state index in [-0.39, 0.29) is 11.9 Å². The van der Waals surface area contributed by atoms with Gasteiger partial charge in [0.2, 0.25) is 0 Å². The van der Waals surface area contributed by atoms with Crippen molar-refractivity contribution in [3.8, 4) is 5.75 Å². The Morgan fingerprint density at radius 2 is 2.08 bits per heavy atom. The molecule has 0 aromatic heterocycles. The lowest BCUT2D eigenvalue weighted by molar-refractivity contribution is 0.0740. The van der Waals surface area contributed by atoms with Crippen molar-refractivity contribution < 1.29 is 9.53 Å². The third-order valence-electron chi connectivity index (χ3n) is 4.34. The van der Waals surface area contributed by atoms with Crippen LogP contribution in [0.5, 0.6) is 5.75 Å². The number of hydrogen-bond acceptors (Lipinski definition) is 3.